The SMILES string of the molecule is Cn1cc([C@H]2CNC[C@@H]2C(=O)Nc2cc(F)c(F)cc2F)cn1. The molecule has 0 aliphatic carbocycles. The third kappa shape index (κ3) is 3.07. The molecule has 8 heteroatoms. The Balaban J connectivity index is 1.79. The van der Waals surface area contributed by atoms with Crippen LogP contribution in [0.4, 0.5) is 18.9 Å². The number of carbonyl (C=O) groups excluding carboxylic acids is 1. The lowest BCUT2D eigenvalue weighted by Gasteiger charge is -2.17. The van der Waals surface area contributed by atoms with Crippen molar-refractivity contribution < 1.29 is 18.0 Å². The second-order valence-corrected chi connectivity index (χ2v) is 5.55. The Kier molecular flexibility index (Phi) is 4.08. The van der Waals surface area contributed by atoms with Gasteiger partial charge < -0.3 is 10.6 Å². The largest absolute Gasteiger partial charge is 0.323 e. The number of rotatable bonds is 3. The number of anilines is 1. The molecule has 1 aliphatic heterocycles. The van der Waals surface area contributed by atoms with Crippen molar-refractivity contribution in [1.29, 1.82) is 0 Å². The van der Waals surface area contributed by atoms with Gasteiger partial charge in [0, 0.05) is 44.4 Å². The van der Waals surface area contributed by atoms with Crippen LogP contribution in [-0.2, 0) is 11.8 Å². The molecule has 0 radical (unpaired) electrons. The van der Waals surface area contributed by atoms with E-state index in [0.29, 0.717) is 25.2 Å². The Morgan fingerprint density at radius 2 is 2.00 bits per heavy atom. The third-order valence-corrected chi connectivity index (χ3v) is 3.97. The van der Waals surface area contributed by atoms with Gasteiger partial charge in [0.1, 0.15) is 5.82 Å². The molecule has 2 heterocycles. The standard InChI is InChI=1S/C15H15F3N4O/c1-22-7-8(4-20-22)9-5-19-6-10(9)15(23)21-14-3-12(17)11(16)2-13(14)18/h2-4,7,9-10,19H,5-6H2,1H3,(H,21,23)/t9-,10+/m1/s1. The summed E-state index contributed by atoms with van der Waals surface area (Å²) in [5.74, 6) is -4.54. The molecule has 1 aliphatic rings. The number of carbonyl (C=O) groups is 1. The average Bonchev–Trinajstić information content (AvgIpc) is 3.13. The highest BCUT2D eigenvalue weighted by molar-refractivity contribution is 5.93. The molecule has 1 fully saturated rings. The first-order chi connectivity index (χ1) is 11.0. The number of hydrogen-bond donors (Lipinski definition) is 2. The summed E-state index contributed by atoms with van der Waals surface area (Å²) >= 11 is 0. The lowest BCUT2D eigenvalue weighted by Crippen LogP contribution is -2.28. The summed E-state index contributed by atoms with van der Waals surface area (Å²) in [5.41, 5.74) is 0.522. The van der Waals surface area contributed by atoms with Crippen molar-refractivity contribution in [3.8, 4) is 0 Å². The quantitative estimate of drug-likeness (QED) is 0.846. The molecule has 1 saturated heterocycles. The van der Waals surface area contributed by atoms with Gasteiger partial charge in [-0.25, -0.2) is 13.2 Å². The average molecular weight is 324 g/mol. The minimum absolute atomic E-state index is 0.114. The maximum Gasteiger partial charge on any atom is 0.229 e. The second kappa shape index (κ2) is 6.04. The molecular formula is C15H15F3N4O. The molecular weight excluding hydrogens is 309 g/mol. The molecule has 122 valence electrons. The lowest BCUT2D eigenvalue weighted by atomic mass is 9.90. The highest BCUT2D eigenvalue weighted by atomic mass is 19.2. The number of hydrogen-bond acceptors (Lipinski definition) is 3. The molecule has 5 nitrogen and oxygen atoms in total. The van der Waals surface area contributed by atoms with Crippen molar-refractivity contribution in [3.63, 3.8) is 0 Å². The molecule has 0 unspecified atom stereocenters. The van der Waals surface area contributed by atoms with Crippen LogP contribution >= 0.6 is 0 Å². The first-order valence-corrected chi connectivity index (χ1v) is 7.10. The zero-order valence-corrected chi connectivity index (χ0v) is 12.3. The van der Waals surface area contributed by atoms with Crippen molar-refractivity contribution in [3.05, 3.63) is 47.5 Å². The summed E-state index contributed by atoms with van der Waals surface area (Å²) in [6, 6.07) is 1.06. The molecule has 1 aromatic carbocycles. The van der Waals surface area contributed by atoms with E-state index in [4.69, 9.17) is 0 Å². The van der Waals surface area contributed by atoms with Crippen molar-refractivity contribution >= 4 is 11.6 Å². The van der Waals surface area contributed by atoms with Crippen LogP contribution in [0.15, 0.2) is 24.5 Å². The number of amides is 1. The Morgan fingerprint density at radius 3 is 2.70 bits per heavy atom. The van der Waals surface area contributed by atoms with Gasteiger partial charge in [0.15, 0.2) is 11.6 Å². The number of aromatic nitrogens is 2. The minimum Gasteiger partial charge on any atom is -0.323 e. The van der Waals surface area contributed by atoms with E-state index < -0.39 is 29.3 Å². The van der Waals surface area contributed by atoms with Gasteiger partial charge in [-0.1, -0.05) is 0 Å². The van der Waals surface area contributed by atoms with Gasteiger partial charge in [-0.15, -0.1) is 0 Å². The number of aryl methyl sites for hydroxylation is 1. The summed E-state index contributed by atoms with van der Waals surface area (Å²) in [4.78, 5) is 12.4. The number of nitrogens with zero attached hydrogens (tertiary/aromatic N) is 2. The summed E-state index contributed by atoms with van der Waals surface area (Å²) < 4.78 is 41.4. The Bertz CT molecular complexity index is 746. The van der Waals surface area contributed by atoms with Crippen LogP contribution in [0.2, 0.25) is 0 Å². The van der Waals surface area contributed by atoms with Gasteiger partial charge in [0.25, 0.3) is 0 Å². The van der Waals surface area contributed by atoms with Crippen LogP contribution in [0.5, 0.6) is 0 Å². The molecule has 1 aromatic heterocycles. The fraction of sp³-hybridized carbons (Fsp3) is 0.333. The predicted octanol–water partition coefficient (Wildman–Crippen LogP) is 1.78. The minimum atomic E-state index is -1.30. The van der Waals surface area contributed by atoms with Crippen LogP contribution in [0.25, 0.3) is 0 Å². The van der Waals surface area contributed by atoms with Crippen molar-refractivity contribution in [2.24, 2.45) is 13.0 Å². The first kappa shape index (κ1) is 15.5. The van der Waals surface area contributed by atoms with E-state index in [1.54, 1.807) is 17.9 Å². The number of nitrogens with one attached hydrogen (secondary N) is 2. The second-order valence-electron chi connectivity index (χ2n) is 5.55. The van der Waals surface area contributed by atoms with Crippen LogP contribution in [0.3, 0.4) is 0 Å². The van der Waals surface area contributed by atoms with Gasteiger partial charge in [-0.05, 0) is 5.56 Å². The Hall–Kier alpha value is -2.35. The van der Waals surface area contributed by atoms with E-state index in [0.717, 1.165) is 5.56 Å². The topological polar surface area (TPSA) is 59.0 Å². The molecule has 0 saturated carbocycles. The molecule has 0 bridgehead atoms. The highest BCUT2D eigenvalue weighted by Crippen LogP contribution is 2.29. The van der Waals surface area contributed by atoms with Crippen LogP contribution < -0.4 is 10.6 Å². The van der Waals surface area contributed by atoms with Gasteiger partial charge in [0.2, 0.25) is 5.91 Å². The number of benzene rings is 1. The molecule has 2 atom stereocenters. The maximum atomic E-state index is 13.7. The maximum absolute atomic E-state index is 13.7. The van der Waals surface area contributed by atoms with Crippen LogP contribution in [0, 0.1) is 23.4 Å². The monoisotopic (exact) mass is 324 g/mol. The van der Waals surface area contributed by atoms with Crippen LogP contribution in [0.1, 0.15) is 11.5 Å². The zero-order valence-electron chi connectivity index (χ0n) is 12.3. The van der Waals surface area contributed by atoms with E-state index in [-0.39, 0.29) is 11.6 Å². The highest BCUT2D eigenvalue weighted by Gasteiger charge is 2.35. The summed E-state index contributed by atoms with van der Waals surface area (Å²) in [7, 11) is 1.78. The molecule has 0 spiro atoms. The molecule has 2 aromatic rings. The molecule has 3 rings (SSSR count). The fourth-order valence-electron chi connectivity index (χ4n) is 2.78. The first-order valence-electron chi connectivity index (χ1n) is 7.10. The van der Waals surface area contributed by atoms with Gasteiger partial charge in [0.05, 0.1) is 17.8 Å². The normalized spacial score (nSPS) is 20.7. The Labute approximate surface area is 130 Å². The smallest absolute Gasteiger partial charge is 0.229 e. The van der Waals surface area contributed by atoms with E-state index in [2.05, 4.69) is 15.7 Å². The van der Waals surface area contributed by atoms with Gasteiger partial charge >= 0.3 is 0 Å². The summed E-state index contributed by atoms with van der Waals surface area (Å²) in [6.45, 7) is 1.00. The van der Waals surface area contributed by atoms with Crippen molar-refractivity contribution in [2.75, 3.05) is 18.4 Å². The van der Waals surface area contributed by atoms with Gasteiger partial charge in [-0.3, -0.25) is 9.48 Å². The molecule has 1 amide bonds. The van der Waals surface area contributed by atoms with Gasteiger partial charge in [-0.2, -0.15) is 5.10 Å². The van der Waals surface area contributed by atoms with E-state index in [1.807, 2.05) is 6.20 Å². The van der Waals surface area contributed by atoms with E-state index in [9.17, 15) is 18.0 Å². The zero-order chi connectivity index (χ0) is 16.6. The predicted molar refractivity (Wildman–Crippen MR) is 77.3 cm³/mol. The number of halogens is 3. The van der Waals surface area contributed by atoms with Crippen molar-refractivity contribution in [1.82, 2.24) is 15.1 Å². The fourth-order valence-corrected chi connectivity index (χ4v) is 2.78. The Morgan fingerprint density at radius 1 is 1.26 bits per heavy atom. The summed E-state index contributed by atoms with van der Waals surface area (Å²) in [5, 5.41) is 9.53. The van der Waals surface area contributed by atoms with E-state index >= 15 is 0 Å². The lowest BCUT2D eigenvalue weighted by molar-refractivity contribution is -0.119. The third-order valence-electron chi connectivity index (χ3n) is 3.97. The van der Waals surface area contributed by atoms with Crippen molar-refractivity contribution in [2.45, 2.75) is 5.92 Å². The summed E-state index contributed by atoms with van der Waals surface area (Å²) in [6.07, 6.45) is 3.49. The van der Waals surface area contributed by atoms with Crippen LogP contribution in [-0.4, -0.2) is 28.8 Å². The van der Waals surface area contributed by atoms with E-state index in [1.165, 1.54) is 0 Å². The molecule has 2 N–H and O–H groups in total. The molecule has 23 heavy (non-hydrogen) atoms.